The van der Waals surface area contributed by atoms with E-state index >= 15 is 0 Å². The van der Waals surface area contributed by atoms with Crippen LogP contribution in [-0.4, -0.2) is 29.2 Å². The first kappa shape index (κ1) is 11.6. The van der Waals surface area contributed by atoms with Gasteiger partial charge in [-0.25, -0.2) is 0 Å². The van der Waals surface area contributed by atoms with E-state index in [4.69, 9.17) is 0 Å². The predicted octanol–water partition coefficient (Wildman–Crippen LogP) is 2.59. The molecule has 1 aromatic rings. The normalized spacial score (nSPS) is 21.6. The highest BCUT2D eigenvalue weighted by atomic mass is 16.3. The molecule has 1 aliphatic heterocycles. The quantitative estimate of drug-likeness (QED) is 0.844. The van der Waals surface area contributed by atoms with Crippen LogP contribution in [0.4, 0.5) is 0 Å². The van der Waals surface area contributed by atoms with Crippen LogP contribution in [0.25, 0.3) is 0 Å². The third kappa shape index (κ3) is 2.63. The molecule has 2 atom stereocenters. The molecular formula is C14H21NO. The van der Waals surface area contributed by atoms with Gasteiger partial charge in [-0.2, -0.15) is 0 Å². The Balaban J connectivity index is 2.16. The SMILES string of the molecule is CC(O)C(c1ccccc1)N1CCCCC1. The highest BCUT2D eigenvalue weighted by Gasteiger charge is 2.25. The van der Waals surface area contributed by atoms with Crippen LogP contribution in [-0.2, 0) is 0 Å². The van der Waals surface area contributed by atoms with Crippen molar-refractivity contribution in [1.29, 1.82) is 0 Å². The van der Waals surface area contributed by atoms with E-state index in [0.717, 1.165) is 13.1 Å². The smallest absolute Gasteiger partial charge is 0.0708 e. The second kappa shape index (κ2) is 5.46. The number of piperidine rings is 1. The molecule has 2 nitrogen and oxygen atoms in total. The fourth-order valence-corrected chi connectivity index (χ4v) is 2.64. The largest absolute Gasteiger partial charge is 0.391 e. The lowest BCUT2D eigenvalue weighted by atomic mass is 9.98. The zero-order valence-corrected chi connectivity index (χ0v) is 9.97. The standard InChI is InChI=1S/C14H21NO/c1-12(16)14(13-8-4-2-5-9-13)15-10-6-3-7-11-15/h2,4-5,8-9,12,14,16H,3,6-7,10-11H2,1H3. The van der Waals surface area contributed by atoms with E-state index in [1.807, 2.05) is 13.0 Å². The van der Waals surface area contributed by atoms with E-state index in [1.54, 1.807) is 0 Å². The van der Waals surface area contributed by atoms with Crippen LogP contribution in [0.2, 0.25) is 0 Å². The molecule has 2 heteroatoms. The highest BCUT2D eigenvalue weighted by molar-refractivity contribution is 5.20. The van der Waals surface area contributed by atoms with Gasteiger partial charge in [0.1, 0.15) is 0 Å². The molecule has 1 aromatic carbocycles. The van der Waals surface area contributed by atoms with Crippen molar-refractivity contribution in [2.75, 3.05) is 13.1 Å². The minimum absolute atomic E-state index is 0.168. The Morgan fingerprint density at radius 1 is 1.06 bits per heavy atom. The van der Waals surface area contributed by atoms with Crippen molar-refractivity contribution in [3.63, 3.8) is 0 Å². The molecule has 1 N–H and O–H groups in total. The van der Waals surface area contributed by atoms with E-state index < -0.39 is 0 Å². The van der Waals surface area contributed by atoms with Crippen molar-refractivity contribution < 1.29 is 5.11 Å². The zero-order valence-electron chi connectivity index (χ0n) is 9.97. The molecular weight excluding hydrogens is 198 g/mol. The molecule has 1 aliphatic rings. The summed E-state index contributed by atoms with van der Waals surface area (Å²) in [6.45, 7) is 4.13. The van der Waals surface area contributed by atoms with Gasteiger partial charge in [0.05, 0.1) is 12.1 Å². The van der Waals surface area contributed by atoms with Crippen molar-refractivity contribution in [3.05, 3.63) is 35.9 Å². The monoisotopic (exact) mass is 219 g/mol. The van der Waals surface area contributed by atoms with Crippen molar-refractivity contribution in [3.8, 4) is 0 Å². The fourth-order valence-electron chi connectivity index (χ4n) is 2.64. The zero-order chi connectivity index (χ0) is 11.4. The van der Waals surface area contributed by atoms with E-state index in [2.05, 4.69) is 29.2 Å². The Labute approximate surface area is 97.9 Å². The molecule has 2 rings (SSSR count). The average Bonchev–Trinajstić information content (AvgIpc) is 2.31. The summed E-state index contributed by atoms with van der Waals surface area (Å²) in [4.78, 5) is 2.42. The van der Waals surface area contributed by atoms with Crippen molar-refractivity contribution >= 4 is 0 Å². The van der Waals surface area contributed by atoms with E-state index in [-0.39, 0.29) is 12.1 Å². The number of rotatable bonds is 3. The minimum Gasteiger partial charge on any atom is -0.391 e. The molecule has 1 saturated heterocycles. The van der Waals surface area contributed by atoms with E-state index in [0.29, 0.717) is 0 Å². The summed E-state index contributed by atoms with van der Waals surface area (Å²) in [6.07, 6.45) is 3.55. The Hall–Kier alpha value is -0.860. The van der Waals surface area contributed by atoms with Gasteiger partial charge in [0.2, 0.25) is 0 Å². The second-order valence-electron chi connectivity index (χ2n) is 4.69. The maximum atomic E-state index is 9.98. The molecule has 0 amide bonds. The Bertz CT molecular complexity index is 304. The number of aliphatic hydroxyl groups excluding tert-OH is 1. The van der Waals surface area contributed by atoms with Crippen LogP contribution in [0.5, 0.6) is 0 Å². The number of aliphatic hydroxyl groups is 1. The third-order valence-corrected chi connectivity index (χ3v) is 3.38. The molecule has 88 valence electrons. The summed E-state index contributed by atoms with van der Waals surface area (Å²) in [5.74, 6) is 0. The van der Waals surface area contributed by atoms with Crippen LogP contribution < -0.4 is 0 Å². The highest BCUT2D eigenvalue weighted by Crippen LogP contribution is 2.27. The number of benzene rings is 1. The van der Waals surface area contributed by atoms with Crippen molar-refractivity contribution in [2.45, 2.75) is 38.3 Å². The summed E-state index contributed by atoms with van der Waals surface area (Å²) in [5, 5.41) is 9.98. The van der Waals surface area contributed by atoms with Gasteiger partial charge in [0.15, 0.2) is 0 Å². The molecule has 1 heterocycles. The van der Waals surface area contributed by atoms with Crippen molar-refractivity contribution in [2.24, 2.45) is 0 Å². The summed E-state index contributed by atoms with van der Waals surface area (Å²) in [5.41, 5.74) is 1.24. The first-order valence-electron chi connectivity index (χ1n) is 6.26. The van der Waals surface area contributed by atoms with E-state index in [9.17, 15) is 5.11 Å². The first-order chi connectivity index (χ1) is 7.79. The molecule has 0 radical (unpaired) electrons. The van der Waals surface area contributed by atoms with Gasteiger partial charge in [-0.05, 0) is 38.4 Å². The minimum atomic E-state index is -0.305. The van der Waals surface area contributed by atoms with Gasteiger partial charge in [0.25, 0.3) is 0 Å². The molecule has 0 bridgehead atoms. The molecule has 1 fully saturated rings. The Kier molecular flexibility index (Phi) is 3.97. The van der Waals surface area contributed by atoms with E-state index in [1.165, 1.54) is 24.8 Å². The molecule has 0 saturated carbocycles. The lowest BCUT2D eigenvalue weighted by Gasteiger charge is -2.36. The number of hydrogen-bond acceptors (Lipinski definition) is 2. The second-order valence-corrected chi connectivity index (χ2v) is 4.69. The molecule has 16 heavy (non-hydrogen) atoms. The fraction of sp³-hybridized carbons (Fsp3) is 0.571. The predicted molar refractivity (Wildman–Crippen MR) is 66.3 cm³/mol. The topological polar surface area (TPSA) is 23.5 Å². The molecule has 0 spiro atoms. The molecule has 0 aromatic heterocycles. The number of likely N-dealkylation sites (tertiary alicyclic amines) is 1. The van der Waals surface area contributed by atoms with Crippen LogP contribution in [0.3, 0.4) is 0 Å². The summed E-state index contributed by atoms with van der Waals surface area (Å²) in [7, 11) is 0. The third-order valence-electron chi connectivity index (χ3n) is 3.38. The van der Waals surface area contributed by atoms with Crippen LogP contribution >= 0.6 is 0 Å². The maximum Gasteiger partial charge on any atom is 0.0708 e. The lowest BCUT2D eigenvalue weighted by Crippen LogP contribution is -2.38. The van der Waals surface area contributed by atoms with Gasteiger partial charge < -0.3 is 5.11 Å². The summed E-state index contributed by atoms with van der Waals surface area (Å²) in [6, 6.07) is 10.5. The van der Waals surface area contributed by atoms with Gasteiger partial charge in [-0.15, -0.1) is 0 Å². The lowest BCUT2D eigenvalue weighted by molar-refractivity contribution is 0.0483. The van der Waals surface area contributed by atoms with Gasteiger partial charge in [-0.1, -0.05) is 36.8 Å². The maximum absolute atomic E-state index is 9.98. The van der Waals surface area contributed by atoms with Crippen LogP contribution in [0.15, 0.2) is 30.3 Å². The Morgan fingerprint density at radius 3 is 2.25 bits per heavy atom. The average molecular weight is 219 g/mol. The number of hydrogen-bond donors (Lipinski definition) is 1. The van der Waals surface area contributed by atoms with Crippen LogP contribution in [0.1, 0.15) is 37.8 Å². The first-order valence-corrected chi connectivity index (χ1v) is 6.26. The molecule has 2 unspecified atom stereocenters. The molecule has 0 aliphatic carbocycles. The van der Waals surface area contributed by atoms with Gasteiger partial charge in [-0.3, -0.25) is 4.90 Å². The van der Waals surface area contributed by atoms with Crippen LogP contribution in [0, 0.1) is 0 Å². The summed E-state index contributed by atoms with van der Waals surface area (Å²) >= 11 is 0. The number of nitrogens with zero attached hydrogens (tertiary/aromatic N) is 1. The van der Waals surface area contributed by atoms with Gasteiger partial charge in [0, 0.05) is 0 Å². The van der Waals surface area contributed by atoms with Gasteiger partial charge >= 0.3 is 0 Å². The Morgan fingerprint density at radius 2 is 1.69 bits per heavy atom. The van der Waals surface area contributed by atoms with Crippen molar-refractivity contribution in [1.82, 2.24) is 4.90 Å². The summed E-state index contributed by atoms with van der Waals surface area (Å²) < 4.78 is 0.